The van der Waals surface area contributed by atoms with Crippen molar-refractivity contribution in [1.82, 2.24) is 9.78 Å². The molecule has 0 spiro atoms. The zero-order chi connectivity index (χ0) is 18.0. The first-order chi connectivity index (χ1) is 12.0. The average Bonchev–Trinajstić information content (AvgIpc) is 2.98. The van der Waals surface area contributed by atoms with E-state index in [9.17, 15) is 20.2 Å². The van der Waals surface area contributed by atoms with E-state index >= 15 is 0 Å². The Labute approximate surface area is 141 Å². The van der Waals surface area contributed by atoms with Gasteiger partial charge in [-0.05, 0) is 24.3 Å². The van der Waals surface area contributed by atoms with Crippen molar-refractivity contribution in [1.29, 1.82) is 5.26 Å². The number of rotatable bonds is 4. The van der Waals surface area contributed by atoms with Gasteiger partial charge in [-0.15, -0.1) is 0 Å². The third kappa shape index (κ3) is 2.82. The second-order valence-corrected chi connectivity index (χ2v) is 5.10. The largest absolute Gasteiger partial charge is 0.382 e. The van der Waals surface area contributed by atoms with Crippen LogP contribution < -0.4 is 5.73 Å². The Balaban J connectivity index is 2.06. The molecule has 3 aromatic rings. The van der Waals surface area contributed by atoms with Crippen LogP contribution in [0.3, 0.4) is 0 Å². The first-order valence-corrected chi connectivity index (χ1v) is 7.16. The summed E-state index contributed by atoms with van der Waals surface area (Å²) in [6.07, 6.45) is 0. The summed E-state index contributed by atoms with van der Waals surface area (Å²) in [5.41, 5.74) is 6.49. The zero-order valence-electron chi connectivity index (χ0n) is 12.8. The number of benzene rings is 2. The summed E-state index contributed by atoms with van der Waals surface area (Å²) in [5.74, 6) is -0.480. The maximum Gasteiger partial charge on any atom is 0.269 e. The molecule has 0 aliphatic rings. The highest BCUT2D eigenvalue weighted by molar-refractivity contribution is 6.10. The number of hydrogen-bond acceptors (Lipinski definition) is 6. The number of carbonyl (C=O) groups is 1. The molecule has 2 N–H and O–H groups in total. The van der Waals surface area contributed by atoms with Gasteiger partial charge in [-0.1, -0.05) is 18.2 Å². The van der Waals surface area contributed by atoms with Gasteiger partial charge in [-0.2, -0.15) is 10.4 Å². The van der Waals surface area contributed by atoms with Crippen LogP contribution in [0.5, 0.6) is 0 Å². The van der Waals surface area contributed by atoms with Gasteiger partial charge in [0.25, 0.3) is 5.69 Å². The summed E-state index contributed by atoms with van der Waals surface area (Å²) in [4.78, 5) is 22.8. The quantitative estimate of drug-likeness (QED) is 0.444. The highest BCUT2D eigenvalue weighted by atomic mass is 16.6. The van der Waals surface area contributed by atoms with Crippen LogP contribution >= 0.6 is 0 Å². The monoisotopic (exact) mass is 333 g/mol. The van der Waals surface area contributed by atoms with Crippen LogP contribution in [0.2, 0.25) is 0 Å². The fraction of sp³-hybridized carbons (Fsp3) is 0. The Hall–Kier alpha value is -3.99. The Morgan fingerprint density at radius 3 is 2.36 bits per heavy atom. The lowest BCUT2D eigenvalue weighted by atomic mass is 10.1. The lowest BCUT2D eigenvalue weighted by Crippen LogP contribution is -2.05. The third-order valence-corrected chi connectivity index (χ3v) is 3.59. The standard InChI is InChI=1S/C17H11N5O3/c18-10-14-15(16(23)11-6-8-13(9-7-11)22(24)25)20-21(17(14)19)12-4-2-1-3-5-12/h1-9H,19H2. The molecule has 0 unspecified atom stereocenters. The third-order valence-electron chi connectivity index (χ3n) is 3.59. The number of anilines is 1. The second kappa shape index (κ2) is 6.25. The molecule has 8 nitrogen and oxygen atoms in total. The SMILES string of the molecule is N#Cc1c(C(=O)c2ccc([N+](=O)[O-])cc2)nn(-c2ccccc2)c1N. The van der Waals surface area contributed by atoms with Gasteiger partial charge in [-0.25, -0.2) is 4.68 Å². The first kappa shape index (κ1) is 15.9. The van der Waals surface area contributed by atoms with Gasteiger partial charge < -0.3 is 5.73 Å². The number of nitrogens with zero attached hydrogens (tertiary/aromatic N) is 4. The molecule has 1 aromatic heterocycles. The van der Waals surface area contributed by atoms with E-state index in [0.717, 1.165) is 0 Å². The van der Waals surface area contributed by atoms with E-state index in [1.54, 1.807) is 24.3 Å². The van der Waals surface area contributed by atoms with Crippen molar-refractivity contribution in [2.24, 2.45) is 0 Å². The number of hydrogen-bond donors (Lipinski definition) is 1. The molecule has 0 aliphatic heterocycles. The van der Waals surface area contributed by atoms with E-state index in [1.807, 2.05) is 12.1 Å². The first-order valence-electron chi connectivity index (χ1n) is 7.16. The highest BCUT2D eigenvalue weighted by Gasteiger charge is 2.23. The minimum atomic E-state index is -0.558. The Bertz CT molecular complexity index is 1000. The molecule has 8 heteroatoms. The number of nitrogens with two attached hydrogens (primary N) is 1. The lowest BCUT2D eigenvalue weighted by Gasteiger charge is -2.02. The number of aromatic nitrogens is 2. The van der Waals surface area contributed by atoms with Gasteiger partial charge in [0.1, 0.15) is 17.5 Å². The van der Waals surface area contributed by atoms with E-state index in [-0.39, 0.29) is 28.3 Å². The van der Waals surface area contributed by atoms with Crippen LogP contribution in [0.25, 0.3) is 5.69 Å². The Morgan fingerprint density at radius 2 is 1.80 bits per heavy atom. The molecular weight excluding hydrogens is 322 g/mol. The summed E-state index contributed by atoms with van der Waals surface area (Å²) in [6.45, 7) is 0. The van der Waals surface area contributed by atoms with Crippen molar-refractivity contribution in [3.63, 3.8) is 0 Å². The fourth-order valence-electron chi connectivity index (χ4n) is 2.34. The van der Waals surface area contributed by atoms with Crippen LogP contribution in [0, 0.1) is 21.4 Å². The maximum absolute atomic E-state index is 12.7. The predicted molar refractivity (Wildman–Crippen MR) is 89.2 cm³/mol. The van der Waals surface area contributed by atoms with Crippen LogP contribution in [-0.2, 0) is 0 Å². The van der Waals surface area contributed by atoms with E-state index in [1.165, 1.54) is 28.9 Å². The number of para-hydroxylation sites is 1. The molecule has 0 aliphatic carbocycles. The van der Waals surface area contributed by atoms with Crippen molar-refractivity contribution in [2.75, 3.05) is 5.73 Å². The summed E-state index contributed by atoms with van der Waals surface area (Å²) >= 11 is 0. The summed E-state index contributed by atoms with van der Waals surface area (Å²) in [5, 5.41) is 24.2. The molecule has 1 heterocycles. The van der Waals surface area contributed by atoms with Crippen LogP contribution in [0.4, 0.5) is 11.5 Å². The molecule has 2 aromatic carbocycles. The van der Waals surface area contributed by atoms with Gasteiger partial charge in [0.05, 0.1) is 10.6 Å². The maximum atomic E-state index is 12.7. The molecule has 0 atom stereocenters. The van der Waals surface area contributed by atoms with Crippen molar-refractivity contribution in [3.05, 3.63) is 81.5 Å². The van der Waals surface area contributed by atoms with Crippen molar-refractivity contribution in [3.8, 4) is 11.8 Å². The van der Waals surface area contributed by atoms with Crippen molar-refractivity contribution < 1.29 is 9.72 Å². The van der Waals surface area contributed by atoms with Crippen LogP contribution in [0.1, 0.15) is 21.6 Å². The van der Waals surface area contributed by atoms with E-state index < -0.39 is 10.7 Å². The van der Waals surface area contributed by atoms with Gasteiger partial charge in [-0.3, -0.25) is 14.9 Å². The number of nitriles is 1. The number of ketones is 1. The molecule has 3 rings (SSSR count). The molecule has 0 radical (unpaired) electrons. The van der Waals surface area contributed by atoms with Gasteiger partial charge >= 0.3 is 0 Å². The van der Waals surface area contributed by atoms with E-state index in [2.05, 4.69) is 5.10 Å². The number of nitrogen functional groups attached to an aromatic ring is 1. The Kier molecular flexibility index (Phi) is 3.97. The van der Waals surface area contributed by atoms with E-state index in [4.69, 9.17) is 5.73 Å². The molecule has 0 saturated carbocycles. The molecule has 0 amide bonds. The predicted octanol–water partition coefficient (Wildman–Crippen LogP) is 2.47. The normalized spacial score (nSPS) is 10.2. The fourth-order valence-corrected chi connectivity index (χ4v) is 2.34. The minimum Gasteiger partial charge on any atom is -0.382 e. The number of nitro benzene ring substituents is 1. The Morgan fingerprint density at radius 1 is 1.16 bits per heavy atom. The van der Waals surface area contributed by atoms with Gasteiger partial charge in [0.2, 0.25) is 5.78 Å². The zero-order valence-corrected chi connectivity index (χ0v) is 12.8. The molecule has 0 saturated heterocycles. The average molecular weight is 333 g/mol. The molecule has 25 heavy (non-hydrogen) atoms. The number of carbonyl (C=O) groups excluding carboxylic acids is 1. The number of non-ortho nitro benzene ring substituents is 1. The molecule has 122 valence electrons. The van der Waals surface area contributed by atoms with Gasteiger partial charge in [0.15, 0.2) is 5.69 Å². The topological polar surface area (TPSA) is 128 Å². The van der Waals surface area contributed by atoms with Gasteiger partial charge in [0, 0.05) is 17.7 Å². The lowest BCUT2D eigenvalue weighted by molar-refractivity contribution is -0.384. The smallest absolute Gasteiger partial charge is 0.269 e. The highest BCUT2D eigenvalue weighted by Crippen LogP contribution is 2.23. The van der Waals surface area contributed by atoms with Crippen LogP contribution in [0.15, 0.2) is 54.6 Å². The molecule has 0 bridgehead atoms. The second-order valence-electron chi connectivity index (χ2n) is 5.10. The summed E-state index contributed by atoms with van der Waals surface area (Å²) in [6, 6.07) is 15.8. The minimum absolute atomic E-state index is 0.0350. The number of nitro groups is 1. The van der Waals surface area contributed by atoms with E-state index in [0.29, 0.717) is 5.69 Å². The van der Waals surface area contributed by atoms with Crippen molar-refractivity contribution >= 4 is 17.3 Å². The molecule has 0 fully saturated rings. The summed E-state index contributed by atoms with van der Waals surface area (Å²) in [7, 11) is 0. The van der Waals surface area contributed by atoms with Crippen molar-refractivity contribution in [2.45, 2.75) is 0 Å². The summed E-state index contributed by atoms with van der Waals surface area (Å²) < 4.78 is 1.32. The molecular formula is C17H11N5O3. The van der Waals surface area contributed by atoms with Crippen LogP contribution in [-0.4, -0.2) is 20.5 Å².